The Morgan fingerprint density at radius 3 is 2.55 bits per heavy atom. The number of hydrogen-bond donors (Lipinski definition) is 3. The van der Waals surface area contributed by atoms with Gasteiger partial charge in [-0.3, -0.25) is 4.79 Å². The monoisotopic (exact) mass is 453 g/mol. The van der Waals surface area contributed by atoms with Gasteiger partial charge in [-0.15, -0.1) is 0 Å². The number of amides is 1. The number of carboxylic acid groups (broad SMARTS) is 1. The Bertz CT molecular complexity index is 895. The van der Waals surface area contributed by atoms with Gasteiger partial charge in [-0.2, -0.15) is 0 Å². The number of nitrogens with zero attached hydrogens (tertiary/aromatic N) is 1. The zero-order valence-corrected chi connectivity index (χ0v) is 19.2. The number of carbonyl (C=O) groups is 2. The zero-order valence-electron chi connectivity index (χ0n) is 19.2. The van der Waals surface area contributed by atoms with Crippen molar-refractivity contribution in [3.05, 3.63) is 66.2 Å². The van der Waals surface area contributed by atoms with Crippen molar-refractivity contribution in [3.8, 4) is 5.75 Å². The third-order valence-electron chi connectivity index (χ3n) is 6.44. The van der Waals surface area contributed by atoms with E-state index in [2.05, 4.69) is 16.8 Å². The minimum Gasteiger partial charge on any atom is -0.493 e. The van der Waals surface area contributed by atoms with Crippen molar-refractivity contribution >= 4 is 11.9 Å². The van der Waals surface area contributed by atoms with Crippen molar-refractivity contribution in [2.24, 2.45) is 17.6 Å². The first kappa shape index (κ1) is 24.4. The molecule has 33 heavy (non-hydrogen) atoms. The highest BCUT2D eigenvalue weighted by Crippen LogP contribution is 2.24. The van der Waals surface area contributed by atoms with Crippen molar-refractivity contribution in [3.63, 3.8) is 0 Å². The minimum atomic E-state index is -0.960. The number of aromatic carboxylic acids is 1. The summed E-state index contributed by atoms with van der Waals surface area (Å²) in [6, 6.07) is 6.57. The molecule has 1 aliphatic heterocycles. The molecule has 1 saturated carbocycles. The number of nitrogens with one attached hydrogen (secondary N) is 1. The Morgan fingerprint density at radius 1 is 1.15 bits per heavy atom. The molecule has 1 heterocycles. The van der Waals surface area contributed by atoms with E-state index in [4.69, 9.17) is 15.6 Å². The van der Waals surface area contributed by atoms with Crippen LogP contribution in [0, 0.1) is 11.8 Å². The first-order chi connectivity index (χ1) is 16.0. The van der Waals surface area contributed by atoms with E-state index in [1.807, 2.05) is 12.2 Å². The molecular weight excluding hydrogens is 418 g/mol. The number of piperidine rings is 1. The van der Waals surface area contributed by atoms with Gasteiger partial charge in [0.05, 0.1) is 18.0 Å². The summed E-state index contributed by atoms with van der Waals surface area (Å²) >= 11 is 0. The Kier molecular flexibility index (Phi) is 8.98. The molecule has 0 radical (unpaired) electrons. The predicted octanol–water partition coefficient (Wildman–Crippen LogP) is 4.04. The van der Waals surface area contributed by atoms with E-state index >= 15 is 0 Å². The van der Waals surface area contributed by atoms with Crippen LogP contribution < -0.4 is 15.8 Å². The number of carboxylic acids is 1. The highest BCUT2D eigenvalue weighted by Gasteiger charge is 2.22. The van der Waals surface area contributed by atoms with Crippen molar-refractivity contribution in [2.75, 3.05) is 19.7 Å². The van der Waals surface area contributed by atoms with Crippen LogP contribution in [-0.4, -0.2) is 41.6 Å². The molecule has 0 atom stereocenters. The molecule has 3 rings (SSSR count). The maximum absolute atomic E-state index is 12.5. The van der Waals surface area contributed by atoms with Crippen LogP contribution in [0.3, 0.4) is 0 Å². The average molecular weight is 454 g/mol. The Hall–Kier alpha value is -3.22. The summed E-state index contributed by atoms with van der Waals surface area (Å²) in [4.78, 5) is 25.7. The van der Waals surface area contributed by atoms with Gasteiger partial charge in [-0.1, -0.05) is 31.9 Å². The topological polar surface area (TPSA) is 105 Å². The molecule has 0 spiro atoms. The molecule has 1 aromatic rings. The fraction of sp³-hybridized carbons (Fsp3) is 0.462. The Balaban J connectivity index is 1.46. The maximum Gasteiger partial charge on any atom is 0.335 e. The second kappa shape index (κ2) is 12.1. The molecule has 7 nitrogen and oxygen atoms in total. The van der Waals surface area contributed by atoms with Crippen LogP contribution in [0.15, 0.2) is 60.6 Å². The SMILES string of the molecule is C=C/C(=C\C=C(/N)N1CCC(COc2cccc(C(=O)O)c2)CC1)NC(=O)C1CCCCC1. The standard InChI is InChI=1S/C26H35N3O4/c1-2-22(28-25(30)20-7-4-3-5-8-20)11-12-24(27)29-15-13-19(14-16-29)18-33-23-10-6-9-21(17-23)26(31)32/h2,6,9-12,17,19-20H,1,3-5,7-8,13-16,18,27H2,(H,28,30)(H,31,32)/b22-11+,24-12+. The summed E-state index contributed by atoms with van der Waals surface area (Å²) in [5.41, 5.74) is 7.18. The lowest BCUT2D eigenvalue weighted by Gasteiger charge is -2.33. The maximum atomic E-state index is 12.5. The van der Waals surface area contributed by atoms with Crippen LogP contribution in [0.2, 0.25) is 0 Å². The van der Waals surface area contributed by atoms with E-state index in [1.54, 1.807) is 30.3 Å². The molecule has 1 aliphatic carbocycles. The average Bonchev–Trinajstić information content (AvgIpc) is 2.86. The van der Waals surface area contributed by atoms with Crippen molar-refractivity contribution in [2.45, 2.75) is 44.9 Å². The molecule has 2 fully saturated rings. The first-order valence-corrected chi connectivity index (χ1v) is 11.8. The molecule has 178 valence electrons. The Labute approximate surface area is 196 Å². The third kappa shape index (κ3) is 7.41. The van der Waals surface area contributed by atoms with Gasteiger partial charge < -0.3 is 25.8 Å². The van der Waals surface area contributed by atoms with Gasteiger partial charge >= 0.3 is 5.97 Å². The third-order valence-corrected chi connectivity index (χ3v) is 6.44. The molecule has 1 aromatic carbocycles. The van der Waals surface area contributed by atoms with Crippen LogP contribution in [0.5, 0.6) is 5.75 Å². The van der Waals surface area contributed by atoms with Crippen LogP contribution >= 0.6 is 0 Å². The van der Waals surface area contributed by atoms with Gasteiger partial charge in [0.15, 0.2) is 0 Å². The van der Waals surface area contributed by atoms with Crippen molar-refractivity contribution < 1.29 is 19.4 Å². The van der Waals surface area contributed by atoms with Gasteiger partial charge in [0.2, 0.25) is 5.91 Å². The number of allylic oxidation sites excluding steroid dienone is 3. The summed E-state index contributed by atoms with van der Waals surface area (Å²) < 4.78 is 5.82. The van der Waals surface area contributed by atoms with Crippen LogP contribution in [0.25, 0.3) is 0 Å². The molecule has 4 N–H and O–H groups in total. The summed E-state index contributed by atoms with van der Waals surface area (Å²) in [5, 5.41) is 12.1. The number of ether oxygens (including phenoxy) is 1. The fourth-order valence-corrected chi connectivity index (χ4v) is 4.34. The van der Waals surface area contributed by atoms with E-state index in [1.165, 1.54) is 6.42 Å². The van der Waals surface area contributed by atoms with Crippen molar-refractivity contribution in [1.29, 1.82) is 0 Å². The molecule has 0 bridgehead atoms. The normalized spacial score (nSPS) is 18.6. The first-order valence-electron chi connectivity index (χ1n) is 11.8. The number of benzene rings is 1. The van der Waals surface area contributed by atoms with Gasteiger partial charge in [-0.05, 0) is 68.0 Å². The molecule has 0 aromatic heterocycles. The molecule has 7 heteroatoms. The van der Waals surface area contributed by atoms with E-state index in [0.29, 0.717) is 29.8 Å². The lowest BCUT2D eigenvalue weighted by Crippen LogP contribution is -2.37. The number of rotatable bonds is 9. The highest BCUT2D eigenvalue weighted by molar-refractivity contribution is 5.88. The van der Waals surface area contributed by atoms with E-state index in [-0.39, 0.29) is 17.4 Å². The van der Waals surface area contributed by atoms with Gasteiger partial charge in [-0.25, -0.2) is 4.79 Å². The predicted molar refractivity (Wildman–Crippen MR) is 128 cm³/mol. The largest absolute Gasteiger partial charge is 0.493 e. The summed E-state index contributed by atoms with van der Waals surface area (Å²) in [6.07, 6.45) is 12.5. The lowest BCUT2D eigenvalue weighted by molar-refractivity contribution is -0.125. The quantitative estimate of drug-likeness (QED) is 0.488. The molecular formula is C26H35N3O4. The minimum absolute atomic E-state index is 0.0718. The molecule has 2 aliphatic rings. The second-order valence-corrected chi connectivity index (χ2v) is 8.82. The van der Waals surface area contributed by atoms with Gasteiger partial charge in [0.25, 0.3) is 0 Å². The second-order valence-electron chi connectivity index (χ2n) is 8.82. The van der Waals surface area contributed by atoms with Crippen LogP contribution in [-0.2, 0) is 4.79 Å². The lowest BCUT2D eigenvalue weighted by atomic mass is 9.88. The van der Waals surface area contributed by atoms with Crippen LogP contribution in [0.4, 0.5) is 0 Å². The summed E-state index contributed by atoms with van der Waals surface area (Å²) in [5.74, 6) is 0.831. The number of hydrogen-bond acceptors (Lipinski definition) is 5. The number of likely N-dealkylation sites (tertiary alicyclic amines) is 1. The van der Waals surface area contributed by atoms with Gasteiger partial charge in [0.1, 0.15) is 5.75 Å². The number of nitrogens with two attached hydrogens (primary N) is 1. The Morgan fingerprint density at radius 2 is 1.88 bits per heavy atom. The van der Waals surface area contributed by atoms with Crippen LogP contribution in [0.1, 0.15) is 55.3 Å². The summed E-state index contributed by atoms with van der Waals surface area (Å²) in [6.45, 7) is 5.99. The molecule has 1 saturated heterocycles. The van der Waals surface area contributed by atoms with E-state index in [0.717, 1.165) is 51.6 Å². The fourth-order valence-electron chi connectivity index (χ4n) is 4.34. The smallest absolute Gasteiger partial charge is 0.335 e. The highest BCUT2D eigenvalue weighted by atomic mass is 16.5. The molecule has 0 unspecified atom stereocenters. The molecule has 1 amide bonds. The van der Waals surface area contributed by atoms with E-state index < -0.39 is 5.97 Å². The van der Waals surface area contributed by atoms with E-state index in [9.17, 15) is 9.59 Å². The van der Waals surface area contributed by atoms with Crippen molar-refractivity contribution in [1.82, 2.24) is 10.2 Å². The zero-order chi connectivity index (χ0) is 23.6. The van der Waals surface area contributed by atoms with Gasteiger partial charge in [0, 0.05) is 24.7 Å². The summed E-state index contributed by atoms with van der Waals surface area (Å²) in [7, 11) is 0. The number of carbonyl (C=O) groups excluding carboxylic acids is 1.